The summed E-state index contributed by atoms with van der Waals surface area (Å²) in [5.41, 5.74) is -0.704. The lowest BCUT2D eigenvalue weighted by molar-refractivity contribution is 0.106. The van der Waals surface area contributed by atoms with Gasteiger partial charge in [-0.2, -0.15) is 0 Å². The third-order valence-corrected chi connectivity index (χ3v) is 4.19. The van der Waals surface area contributed by atoms with Gasteiger partial charge in [0, 0.05) is 11.7 Å². The third kappa shape index (κ3) is 4.00. The number of aliphatic hydroxyl groups is 1. The summed E-state index contributed by atoms with van der Waals surface area (Å²) in [5, 5.41) is 18.4. The largest absolute Gasteiger partial charge is 0.416 e. The van der Waals surface area contributed by atoms with E-state index in [1.807, 2.05) is 0 Å². The van der Waals surface area contributed by atoms with Crippen LogP contribution in [0.5, 0.6) is 0 Å². The first kappa shape index (κ1) is 12.9. The van der Waals surface area contributed by atoms with E-state index in [-0.39, 0.29) is 0 Å². The standard InChI is InChI=1S/C12H20N2O2S/c1-12(2,15)8-17-11-14-13-10(16-11)9-6-4-3-5-7-9/h9,15H,3-8H2,1-2H3. The zero-order valence-electron chi connectivity index (χ0n) is 10.5. The molecule has 1 aromatic rings. The minimum Gasteiger partial charge on any atom is -0.416 e. The zero-order chi connectivity index (χ0) is 12.3. The number of hydrogen-bond acceptors (Lipinski definition) is 5. The quantitative estimate of drug-likeness (QED) is 0.839. The van der Waals surface area contributed by atoms with Gasteiger partial charge in [0.15, 0.2) is 0 Å². The third-order valence-electron chi connectivity index (χ3n) is 2.93. The maximum atomic E-state index is 9.62. The van der Waals surface area contributed by atoms with Crippen molar-refractivity contribution in [3.05, 3.63) is 5.89 Å². The molecule has 0 radical (unpaired) electrons. The number of nitrogens with zero attached hydrogens (tertiary/aromatic N) is 2. The van der Waals surface area contributed by atoms with E-state index in [0.717, 1.165) is 18.7 Å². The fourth-order valence-corrected chi connectivity index (χ4v) is 2.75. The maximum absolute atomic E-state index is 9.62. The van der Waals surface area contributed by atoms with Crippen LogP contribution in [0.2, 0.25) is 0 Å². The highest BCUT2D eigenvalue weighted by atomic mass is 32.2. The average Bonchev–Trinajstić information content (AvgIpc) is 2.75. The highest BCUT2D eigenvalue weighted by molar-refractivity contribution is 7.99. The second-order valence-electron chi connectivity index (χ2n) is 5.34. The van der Waals surface area contributed by atoms with Crippen LogP contribution in [0.1, 0.15) is 57.8 Å². The lowest BCUT2D eigenvalue weighted by Crippen LogP contribution is -2.21. The zero-order valence-corrected chi connectivity index (χ0v) is 11.3. The molecule has 0 amide bonds. The summed E-state index contributed by atoms with van der Waals surface area (Å²) < 4.78 is 5.65. The molecule has 5 heteroatoms. The molecule has 1 aromatic heterocycles. The molecule has 1 fully saturated rings. The van der Waals surface area contributed by atoms with Crippen LogP contribution in [0.3, 0.4) is 0 Å². The first-order valence-electron chi connectivity index (χ1n) is 6.23. The molecule has 4 nitrogen and oxygen atoms in total. The van der Waals surface area contributed by atoms with Gasteiger partial charge in [0.1, 0.15) is 0 Å². The van der Waals surface area contributed by atoms with Gasteiger partial charge in [-0.3, -0.25) is 0 Å². The van der Waals surface area contributed by atoms with Crippen molar-refractivity contribution in [2.24, 2.45) is 0 Å². The summed E-state index contributed by atoms with van der Waals surface area (Å²) in [6, 6.07) is 0. The molecule has 0 atom stereocenters. The predicted octanol–water partition coefficient (Wildman–Crippen LogP) is 2.98. The van der Waals surface area contributed by atoms with Crippen LogP contribution in [0, 0.1) is 0 Å². The van der Waals surface area contributed by atoms with Crippen molar-refractivity contribution in [3.63, 3.8) is 0 Å². The van der Waals surface area contributed by atoms with E-state index in [2.05, 4.69) is 10.2 Å². The highest BCUT2D eigenvalue weighted by Gasteiger charge is 2.22. The van der Waals surface area contributed by atoms with Gasteiger partial charge >= 0.3 is 0 Å². The molecule has 1 N–H and O–H groups in total. The fraction of sp³-hybridized carbons (Fsp3) is 0.833. The van der Waals surface area contributed by atoms with Crippen LogP contribution in [0.15, 0.2) is 9.64 Å². The number of rotatable bonds is 4. The number of aromatic nitrogens is 2. The van der Waals surface area contributed by atoms with Crippen molar-refractivity contribution < 1.29 is 9.52 Å². The Hall–Kier alpha value is -0.550. The molecule has 1 heterocycles. The van der Waals surface area contributed by atoms with Crippen LogP contribution < -0.4 is 0 Å². The Morgan fingerprint density at radius 1 is 1.29 bits per heavy atom. The topological polar surface area (TPSA) is 59.2 Å². The predicted molar refractivity (Wildman–Crippen MR) is 67.1 cm³/mol. The van der Waals surface area contributed by atoms with Crippen molar-refractivity contribution >= 4 is 11.8 Å². The molecule has 1 saturated carbocycles. The fourth-order valence-electron chi connectivity index (χ4n) is 2.03. The summed E-state index contributed by atoms with van der Waals surface area (Å²) >= 11 is 1.42. The van der Waals surface area contributed by atoms with Crippen LogP contribution in [0.25, 0.3) is 0 Å². The Balaban J connectivity index is 1.91. The first-order chi connectivity index (χ1) is 8.04. The summed E-state index contributed by atoms with van der Waals surface area (Å²) in [6.45, 7) is 3.55. The Kier molecular flexibility index (Phi) is 4.09. The molecule has 17 heavy (non-hydrogen) atoms. The first-order valence-corrected chi connectivity index (χ1v) is 7.22. The van der Waals surface area contributed by atoms with Crippen molar-refractivity contribution in [1.29, 1.82) is 0 Å². The van der Waals surface area contributed by atoms with Gasteiger partial charge in [0.05, 0.1) is 5.60 Å². The van der Waals surface area contributed by atoms with Gasteiger partial charge in [0.2, 0.25) is 5.89 Å². The molecule has 2 rings (SSSR count). The van der Waals surface area contributed by atoms with Crippen molar-refractivity contribution in [1.82, 2.24) is 10.2 Å². The monoisotopic (exact) mass is 256 g/mol. The van der Waals surface area contributed by atoms with E-state index in [1.54, 1.807) is 13.8 Å². The summed E-state index contributed by atoms with van der Waals surface area (Å²) in [5.74, 6) is 1.80. The van der Waals surface area contributed by atoms with Gasteiger partial charge < -0.3 is 9.52 Å². The molecule has 0 spiro atoms. The Morgan fingerprint density at radius 3 is 2.65 bits per heavy atom. The Bertz CT molecular complexity index is 354. The van der Waals surface area contributed by atoms with E-state index in [1.165, 1.54) is 31.0 Å². The molecular weight excluding hydrogens is 236 g/mol. The summed E-state index contributed by atoms with van der Waals surface area (Å²) in [7, 11) is 0. The van der Waals surface area contributed by atoms with Crippen molar-refractivity contribution in [3.8, 4) is 0 Å². The van der Waals surface area contributed by atoms with Crippen LogP contribution in [0.4, 0.5) is 0 Å². The van der Waals surface area contributed by atoms with Gasteiger partial charge in [-0.1, -0.05) is 31.0 Å². The Labute approximate surface area is 106 Å². The van der Waals surface area contributed by atoms with E-state index in [4.69, 9.17) is 4.42 Å². The van der Waals surface area contributed by atoms with Crippen molar-refractivity contribution in [2.45, 2.75) is 62.7 Å². The number of thioether (sulfide) groups is 1. The van der Waals surface area contributed by atoms with Crippen LogP contribution in [-0.2, 0) is 0 Å². The molecule has 0 unspecified atom stereocenters. The van der Waals surface area contributed by atoms with Crippen LogP contribution in [-0.4, -0.2) is 26.7 Å². The van der Waals surface area contributed by atoms with Gasteiger partial charge in [0.25, 0.3) is 5.22 Å². The number of hydrogen-bond donors (Lipinski definition) is 1. The van der Waals surface area contributed by atoms with Crippen LogP contribution >= 0.6 is 11.8 Å². The Morgan fingerprint density at radius 2 is 2.00 bits per heavy atom. The van der Waals surface area contributed by atoms with E-state index in [9.17, 15) is 5.11 Å². The normalized spacial score (nSPS) is 18.5. The minimum absolute atomic E-state index is 0.452. The van der Waals surface area contributed by atoms with Gasteiger partial charge in [-0.15, -0.1) is 10.2 Å². The van der Waals surface area contributed by atoms with E-state index < -0.39 is 5.60 Å². The summed E-state index contributed by atoms with van der Waals surface area (Å²) in [6.07, 6.45) is 6.18. The smallest absolute Gasteiger partial charge is 0.276 e. The second kappa shape index (κ2) is 5.40. The second-order valence-corrected chi connectivity index (χ2v) is 6.27. The van der Waals surface area contributed by atoms with Gasteiger partial charge in [-0.25, -0.2) is 0 Å². The average molecular weight is 256 g/mol. The lowest BCUT2D eigenvalue weighted by atomic mass is 9.89. The molecule has 0 bridgehead atoms. The van der Waals surface area contributed by atoms with Gasteiger partial charge in [-0.05, 0) is 26.7 Å². The molecular formula is C12H20N2O2S. The molecule has 1 aliphatic carbocycles. The molecule has 0 saturated heterocycles. The van der Waals surface area contributed by atoms with E-state index >= 15 is 0 Å². The molecule has 0 aromatic carbocycles. The van der Waals surface area contributed by atoms with E-state index in [0.29, 0.717) is 16.9 Å². The minimum atomic E-state index is -0.704. The molecule has 96 valence electrons. The SMILES string of the molecule is CC(C)(O)CSc1nnc(C2CCCCC2)o1. The summed E-state index contributed by atoms with van der Waals surface area (Å²) in [4.78, 5) is 0. The molecule has 1 aliphatic rings. The molecule has 0 aliphatic heterocycles. The highest BCUT2D eigenvalue weighted by Crippen LogP contribution is 2.33. The van der Waals surface area contributed by atoms with Crippen molar-refractivity contribution in [2.75, 3.05) is 5.75 Å². The maximum Gasteiger partial charge on any atom is 0.276 e. The lowest BCUT2D eigenvalue weighted by Gasteiger charge is -2.17.